The molecule has 2 atom stereocenters. The number of nitrogens with zero attached hydrogens (tertiary/aromatic N) is 1. The van der Waals surface area contributed by atoms with Crippen LogP contribution in [0.25, 0.3) is 0 Å². The molecule has 2 aromatic rings. The summed E-state index contributed by atoms with van der Waals surface area (Å²) in [5, 5.41) is 10.5. The maximum atomic E-state index is 10.5. The highest BCUT2D eigenvalue weighted by atomic mass is 16.3. The van der Waals surface area contributed by atoms with E-state index in [0.717, 1.165) is 18.5 Å². The number of benzene rings is 2. The summed E-state index contributed by atoms with van der Waals surface area (Å²) in [5.74, 6) is 0.677. The first-order chi connectivity index (χ1) is 11.7. The van der Waals surface area contributed by atoms with Crippen molar-refractivity contribution in [3.05, 3.63) is 65.2 Å². The number of phenols is 1. The zero-order valence-corrected chi connectivity index (χ0v) is 14.9. The van der Waals surface area contributed by atoms with Crippen molar-refractivity contribution in [3.8, 4) is 5.75 Å². The minimum absolute atomic E-state index is 0.253. The fraction of sp³-hybridized carbons (Fsp3) is 0.455. The molecule has 0 saturated carbocycles. The highest BCUT2D eigenvalue weighted by molar-refractivity contribution is 5.43. The van der Waals surface area contributed by atoms with E-state index in [4.69, 9.17) is 0 Å². The smallest absolute Gasteiger partial charge is 0.119 e. The Morgan fingerprint density at radius 3 is 2.67 bits per heavy atom. The molecule has 1 fully saturated rings. The van der Waals surface area contributed by atoms with Gasteiger partial charge in [-0.05, 0) is 50.9 Å². The van der Waals surface area contributed by atoms with Gasteiger partial charge in [0.2, 0.25) is 0 Å². The van der Waals surface area contributed by atoms with Crippen LogP contribution in [0.4, 0.5) is 0 Å². The molecule has 1 saturated heterocycles. The van der Waals surface area contributed by atoms with Crippen LogP contribution in [0.2, 0.25) is 0 Å². The van der Waals surface area contributed by atoms with Crippen molar-refractivity contribution in [1.29, 1.82) is 0 Å². The second-order valence-electron chi connectivity index (χ2n) is 7.04. The molecule has 1 heterocycles. The van der Waals surface area contributed by atoms with Crippen LogP contribution in [0.5, 0.6) is 5.75 Å². The van der Waals surface area contributed by atoms with Crippen molar-refractivity contribution in [2.75, 3.05) is 13.1 Å². The molecule has 1 aliphatic rings. The van der Waals surface area contributed by atoms with E-state index in [2.05, 4.69) is 55.1 Å². The standard InChI is InChI=1S/C22H29NO/c1-3-23-14-8-7-11-19(23)16-20(18-9-5-4-6-10-18)21-15-17(2)12-13-22(21)24/h4-6,9-10,12-13,15,19-20,24H,3,7-8,11,14,16H2,1-2H3. The monoisotopic (exact) mass is 323 g/mol. The van der Waals surface area contributed by atoms with Crippen molar-refractivity contribution < 1.29 is 5.11 Å². The highest BCUT2D eigenvalue weighted by Crippen LogP contribution is 2.37. The minimum atomic E-state index is 0.253. The van der Waals surface area contributed by atoms with Gasteiger partial charge < -0.3 is 10.0 Å². The fourth-order valence-electron chi connectivity index (χ4n) is 4.10. The van der Waals surface area contributed by atoms with Gasteiger partial charge in [-0.3, -0.25) is 0 Å². The van der Waals surface area contributed by atoms with Crippen LogP contribution in [-0.4, -0.2) is 29.1 Å². The number of phenolic OH excluding ortho intramolecular Hbond substituents is 1. The summed E-state index contributed by atoms with van der Waals surface area (Å²) >= 11 is 0. The summed E-state index contributed by atoms with van der Waals surface area (Å²) in [5.41, 5.74) is 3.59. The van der Waals surface area contributed by atoms with Gasteiger partial charge in [0.05, 0.1) is 0 Å². The van der Waals surface area contributed by atoms with Gasteiger partial charge in [0.15, 0.2) is 0 Å². The van der Waals surface area contributed by atoms with Crippen LogP contribution in [0, 0.1) is 6.92 Å². The summed E-state index contributed by atoms with van der Waals surface area (Å²) in [6, 6.07) is 17.3. The number of hydrogen-bond acceptors (Lipinski definition) is 2. The van der Waals surface area contributed by atoms with Crippen LogP contribution < -0.4 is 0 Å². The molecule has 0 amide bonds. The van der Waals surface area contributed by atoms with Crippen molar-refractivity contribution in [2.24, 2.45) is 0 Å². The molecule has 128 valence electrons. The Morgan fingerprint density at radius 1 is 1.12 bits per heavy atom. The summed E-state index contributed by atoms with van der Waals surface area (Å²) in [6.45, 7) is 6.69. The van der Waals surface area contributed by atoms with E-state index in [-0.39, 0.29) is 5.92 Å². The average molecular weight is 323 g/mol. The lowest BCUT2D eigenvalue weighted by atomic mass is 9.82. The topological polar surface area (TPSA) is 23.5 Å². The third-order valence-electron chi connectivity index (χ3n) is 5.42. The third kappa shape index (κ3) is 3.81. The summed E-state index contributed by atoms with van der Waals surface area (Å²) in [4.78, 5) is 2.62. The molecule has 0 aromatic heterocycles. The Bertz CT molecular complexity index is 652. The first kappa shape index (κ1) is 17.0. The van der Waals surface area contributed by atoms with E-state index < -0.39 is 0 Å². The number of aromatic hydroxyl groups is 1. The first-order valence-corrected chi connectivity index (χ1v) is 9.27. The molecule has 0 radical (unpaired) electrons. The molecular formula is C22H29NO. The zero-order valence-electron chi connectivity index (χ0n) is 14.9. The van der Waals surface area contributed by atoms with Crippen molar-refractivity contribution >= 4 is 0 Å². The van der Waals surface area contributed by atoms with Crippen LogP contribution in [0.15, 0.2) is 48.5 Å². The van der Waals surface area contributed by atoms with Gasteiger partial charge in [-0.15, -0.1) is 0 Å². The number of piperidine rings is 1. The molecule has 0 spiro atoms. The minimum Gasteiger partial charge on any atom is -0.508 e. The molecule has 2 unspecified atom stereocenters. The van der Waals surface area contributed by atoms with Gasteiger partial charge in [0.25, 0.3) is 0 Å². The van der Waals surface area contributed by atoms with Crippen LogP contribution in [-0.2, 0) is 0 Å². The lowest BCUT2D eigenvalue weighted by Crippen LogP contribution is -2.40. The van der Waals surface area contributed by atoms with E-state index in [1.165, 1.54) is 36.9 Å². The van der Waals surface area contributed by atoms with Gasteiger partial charge in [0.1, 0.15) is 5.75 Å². The largest absolute Gasteiger partial charge is 0.508 e. The second-order valence-corrected chi connectivity index (χ2v) is 7.04. The Balaban J connectivity index is 1.95. The molecular weight excluding hydrogens is 294 g/mol. The van der Waals surface area contributed by atoms with E-state index in [9.17, 15) is 5.11 Å². The number of likely N-dealkylation sites (tertiary alicyclic amines) is 1. The quantitative estimate of drug-likeness (QED) is 0.828. The molecule has 0 aliphatic carbocycles. The molecule has 2 nitrogen and oxygen atoms in total. The zero-order chi connectivity index (χ0) is 16.9. The molecule has 2 aromatic carbocycles. The summed E-state index contributed by atoms with van der Waals surface area (Å²) < 4.78 is 0. The SMILES string of the molecule is CCN1CCCCC1CC(c1ccccc1)c1cc(C)ccc1O. The van der Waals surface area contributed by atoms with Crippen molar-refractivity contribution in [1.82, 2.24) is 4.90 Å². The lowest BCUT2D eigenvalue weighted by molar-refractivity contribution is 0.144. The predicted molar refractivity (Wildman–Crippen MR) is 101 cm³/mol. The fourth-order valence-corrected chi connectivity index (χ4v) is 4.10. The lowest BCUT2D eigenvalue weighted by Gasteiger charge is -2.37. The predicted octanol–water partition coefficient (Wildman–Crippen LogP) is 5.10. The van der Waals surface area contributed by atoms with E-state index in [0.29, 0.717) is 11.8 Å². The normalized spacial score (nSPS) is 20.0. The maximum Gasteiger partial charge on any atom is 0.119 e. The second kappa shape index (κ2) is 7.85. The van der Waals surface area contributed by atoms with Crippen molar-refractivity contribution in [2.45, 2.75) is 51.5 Å². The van der Waals surface area contributed by atoms with Gasteiger partial charge in [-0.25, -0.2) is 0 Å². The number of aryl methyl sites for hydroxylation is 1. The van der Waals surface area contributed by atoms with Crippen LogP contribution in [0.1, 0.15) is 55.2 Å². The summed E-state index contributed by atoms with van der Waals surface area (Å²) in [7, 11) is 0. The number of rotatable bonds is 5. The highest BCUT2D eigenvalue weighted by Gasteiger charge is 2.27. The van der Waals surface area contributed by atoms with E-state index >= 15 is 0 Å². The molecule has 0 bridgehead atoms. The maximum absolute atomic E-state index is 10.5. The molecule has 1 N–H and O–H groups in total. The molecule has 24 heavy (non-hydrogen) atoms. The van der Waals surface area contributed by atoms with Gasteiger partial charge >= 0.3 is 0 Å². The Labute approximate surface area is 146 Å². The number of hydrogen-bond donors (Lipinski definition) is 1. The molecule has 1 aliphatic heterocycles. The van der Waals surface area contributed by atoms with E-state index in [1.807, 2.05) is 12.1 Å². The Morgan fingerprint density at radius 2 is 1.92 bits per heavy atom. The van der Waals surface area contributed by atoms with Crippen LogP contribution in [0.3, 0.4) is 0 Å². The average Bonchev–Trinajstić information content (AvgIpc) is 2.63. The van der Waals surface area contributed by atoms with Gasteiger partial charge in [-0.2, -0.15) is 0 Å². The third-order valence-corrected chi connectivity index (χ3v) is 5.42. The van der Waals surface area contributed by atoms with Gasteiger partial charge in [0, 0.05) is 17.5 Å². The summed E-state index contributed by atoms with van der Waals surface area (Å²) in [6.07, 6.45) is 4.98. The first-order valence-electron chi connectivity index (χ1n) is 9.27. The van der Waals surface area contributed by atoms with Crippen LogP contribution >= 0.6 is 0 Å². The van der Waals surface area contributed by atoms with E-state index in [1.54, 1.807) is 0 Å². The van der Waals surface area contributed by atoms with Gasteiger partial charge in [-0.1, -0.05) is 61.4 Å². The van der Waals surface area contributed by atoms with Crippen molar-refractivity contribution in [3.63, 3.8) is 0 Å². The molecule has 3 rings (SSSR count). The molecule has 2 heteroatoms. The Hall–Kier alpha value is -1.80. The Kier molecular flexibility index (Phi) is 5.57.